The summed E-state index contributed by atoms with van der Waals surface area (Å²) in [6.07, 6.45) is 0. The van der Waals surface area contributed by atoms with Crippen LogP contribution in [0.25, 0.3) is 10.4 Å². The summed E-state index contributed by atoms with van der Waals surface area (Å²) in [7, 11) is 1.67. The maximum atomic E-state index is 5.58. The van der Waals surface area contributed by atoms with Crippen LogP contribution in [0.5, 0.6) is 5.75 Å². The minimum absolute atomic E-state index is 0.612. The number of hydrogen-bond acceptors (Lipinski definition) is 3. The fourth-order valence-corrected chi connectivity index (χ4v) is 2.29. The average Bonchev–Trinajstić information content (AvgIpc) is 2.78. The van der Waals surface area contributed by atoms with Gasteiger partial charge in [0.2, 0.25) is 0 Å². The molecular formula is C12H13NOS. The Kier molecular flexibility index (Phi) is 3.04. The van der Waals surface area contributed by atoms with Gasteiger partial charge in [0.25, 0.3) is 0 Å². The maximum absolute atomic E-state index is 5.58. The summed E-state index contributed by atoms with van der Waals surface area (Å²) in [5, 5.41) is 0. The molecule has 3 heteroatoms. The fraction of sp³-hybridized carbons (Fsp3) is 0.167. The number of hydrogen-bond donors (Lipinski definition) is 1. The molecule has 0 bridgehead atoms. The van der Waals surface area contributed by atoms with Crippen LogP contribution in [0.1, 0.15) is 4.88 Å². The lowest BCUT2D eigenvalue weighted by Crippen LogP contribution is -1.90. The van der Waals surface area contributed by atoms with E-state index in [1.807, 2.05) is 12.1 Å². The van der Waals surface area contributed by atoms with Crippen molar-refractivity contribution in [3.8, 4) is 16.2 Å². The van der Waals surface area contributed by atoms with E-state index in [-0.39, 0.29) is 0 Å². The first-order valence-corrected chi connectivity index (χ1v) is 5.58. The van der Waals surface area contributed by atoms with Crippen molar-refractivity contribution in [2.75, 3.05) is 7.11 Å². The summed E-state index contributed by atoms with van der Waals surface area (Å²) in [5.41, 5.74) is 6.79. The first-order valence-electron chi connectivity index (χ1n) is 4.76. The van der Waals surface area contributed by atoms with Gasteiger partial charge < -0.3 is 10.5 Å². The molecule has 1 aromatic carbocycles. The number of nitrogens with two attached hydrogens (primary N) is 1. The Labute approximate surface area is 93.3 Å². The first-order chi connectivity index (χ1) is 7.33. The van der Waals surface area contributed by atoms with Gasteiger partial charge in [0.15, 0.2) is 0 Å². The highest BCUT2D eigenvalue weighted by molar-refractivity contribution is 7.15. The summed E-state index contributed by atoms with van der Waals surface area (Å²) < 4.78 is 5.11. The largest absolute Gasteiger partial charge is 0.497 e. The highest BCUT2D eigenvalue weighted by atomic mass is 32.1. The van der Waals surface area contributed by atoms with E-state index in [4.69, 9.17) is 10.5 Å². The minimum atomic E-state index is 0.612. The van der Waals surface area contributed by atoms with E-state index in [0.29, 0.717) is 6.54 Å². The highest BCUT2D eigenvalue weighted by Gasteiger charge is 2.01. The summed E-state index contributed by atoms with van der Waals surface area (Å²) in [6, 6.07) is 12.2. The van der Waals surface area contributed by atoms with Crippen molar-refractivity contribution in [3.05, 3.63) is 41.3 Å². The zero-order valence-corrected chi connectivity index (χ0v) is 9.38. The Hall–Kier alpha value is -1.32. The van der Waals surface area contributed by atoms with Gasteiger partial charge in [0.05, 0.1) is 7.11 Å². The van der Waals surface area contributed by atoms with Gasteiger partial charge in [-0.1, -0.05) is 0 Å². The van der Waals surface area contributed by atoms with E-state index in [0.717, 1.165) is 5.75 Å². The van der Waals surface area contributed by atoms with E-state index >= 15 is 0 Å². The van der Waals surface area contributed by atoms with Crippen LogP contribution >= 0.6 is 11.3 Å². The molecule has 78 valence electrons. The second-order valence-electron chi connectivity index (χ2n) is 3.20. The lowest BCUT2D eigenvalue weighted by atomic mass is 10.2. The highest BCUT2D eigenvalue weighted by Crippen LogP contribution is 2.29. The molecule has 2 nitrogen and oxygen atoms in total. The molecule has 2 aromatic rings. The molecule has 0 radical (unpaired) electrons. The third-order valence-electron chi connectivity index (χ3n) is 2.24. The van der Waals surface area contributed by atoms with Crippen LogP contribution < -0.4 is 10.5 Å². The molecule has 0 saturated carbocycles. The molecule has 0 fully saturated rings. The molecule has 0 atom stereocenters. The van der Waals surface area contributed by atoms with Crippen molar-refractivity contribution in [2.24, 2.45) is 5.73 Å². The Morgan fingerprint density at radius 3 is 2.40 bits per heavy atom. The van der Waals surface area contributed by atoms with Gasteiger partial charge in [0, 0.05) is 16.3 Å². The molecule has 1 heterocycles. The lowest BCUT2D eigenvalue weighted by molar-refractivity contribution is 0.415. The van der Waals surface area contributed by atoms with E-state index in [9.17, 15) is 0 Å². The van der Waals surface area contributed by atoms with Crippen molar-refractivity contribution < 1.29 is 4.74 Å². The van der Waals surface area contributed by atoms with Crippen molar-refractivity contribution >= 4 is 11.3 Å². The van der Waals surface area contributed by atoms with E-state index in [1.165, 1.54) is 15.3 Å². The average molecular weight is 219 g/mol. The van der Waals surface area contributed by atoms with Gasteiger partial charge in [-0.05, 0) is 42.0 Å². The normalized spacial score (nSPS) is 10.3. The van der Waals surface area contributed by atoms with Gasteiger partial charge >= 0.3 is 0 Å². The topological polar surface area (TPSA) is 35.2 Å². The van der Waals surface area contributed by atoms with Crippen molar-refractivity contribution in [1.82, 2.24) is 0 Å². The van der Waals surface area contributed by atoms with Gasteiger partial charge in [-0.25, -0.2) is 0 Å². The zero-order valence-electron chi connectivity index (χ0n) is 8.57. The molecule has 0 aliphatic carbocycles. The van der Waals surface area contributed by atoms with E-state index < -0.39 is 0 Å². The molecule has 2 rings (SSSR count). The molecule has 0 amide bonds. The zero-order chi connectivity index (χ0) is 10.7. The number of benzene rings is 1. The Bertz CT molecular complexity index is 433. The van der Waals surface area contributed by atoms with Gasteiger partial charge in [-0.3, -0.25) is 0 Å². The second-order valence-corrected chi connectivity index (χ2v) is 4.37. The monoisotopic (exact) mass is 219 g/mol. The molecule has 0 spiro atoms. The fourth-order valence-electron chi connectivity index (χ4n) is 1.40. The van der Waals surface area contributed by atoms with Crippen molar-refractivity contribution in [3.63, 3.8) is 0 Å². The first kappa shape index (κ1) is 10.2. The number of thiophene rings is 1. The summed E-state index contributed by atoms with van der Waals surface area (Å²) in [6.45, 7) is 0.612. The standard InChI is InChI=1S/C12H13NOS/c1-14-10-4-2-9(3-5-10)12-7-6-11(8-13)15-12/h2-7H,8,13H2,1H3. The van der Waals surface area contributed by atoms with E-state index in [2.05, 4.69) is 24.3 Å². The predicted octanol–water partition coefficient (Wildman–Crippen LogP) is 2.88. The summed E-state index contributed by atoms with van der Waals surface area (Å²) in [5.74, 6) is 0.884. The molecule has 0 saturated heterocycles. The smallest absolute Gasteiger partial charge is 0.118 e. The number of methoxy groups -OCH3 is 1. The Balaban J connectivity index is 2.28. The van der Waals surface area contributed by atoms with Crippen LogP contribution in [0.4, 0.5) is 0 Å². The number of rotatable bonds is 3. The van der Waals surface area contributed by atoms with Crippen molar-refractivity contribution in [2.45, 2.75) is 6.54 Å². The summed E-state index contributed by atoms with van der Waals surface area (Å²) >= 11 is 1.73. The number of ether oxygens (including phenoxy) is 1. The molecule has 0 aliphatic rings. The van der Waals surface area contributed by atoms with Gasteiger partial charge in [-0.15, -0.1) is 11.3 Å². The Morgan fingerprint density at radius 1 is 1.13 bits per heavy atom. The van der Waals surface area contributed by atoms with Gasteiger partial charge in [0.1, 0.15) is 5.75 Å². The predicted molar refractivity (Wildman–Crippen MR) is 64.2 cm³/mol. The summed E-state index contributed by atoms with van der Waals surface area (Å²) in [4.78, 5) is 2.46. The maximum Gasteiger partial charge on any atom is 0.118 e. The van der Waals surface area contributed by atoms with Crippen LogP contribution in [0.3, 0.4) is 0 Å². The van der Waals surface area contributed by atoms with Crippen LogP contribution in [0.2, 0.25) is 0 Å². The Morgan fingerprint density at radius 2 is 1.87 bits per heavy atom. The second kappa shape index (κ2) is 4.47. The molecule has 2 N–H and O–H groups in total. The van der Waals surface area contributed by atoms with Crippen LogP contribution in [-0.4, -0.2) is 7.11 Å². The third-order valence-corrected chi connectivity index (χ3v) is 3.39. The molecule has 1 aromatic heterocycles. The van der Waals surface area contributed by atoms with Crippen molar-refractivity contribution in [1.29, 1.82) is 0 Å². The SMILES string of the molecule is COc1ccc(-c2ccc(CN)s2)cc1. The lowest BCUT2D eigenvalue weighted by Gasteiger charge is -2.00. The minimum Gasteiger partial charge on any atom is -0.497 e. The molecule has 0 unspecified atom stereocenters. The van der Waals surface area contributed by atoms with E-state index in [1.54, 1.807) is 18.4 Å². The molecule has 0 aliphatic heterocycles. The van der Waals surface area contributed by atoms with Crippen LogP contribution in [0, 0.1) is 0 Å². The van der Waals surface area contributed by atoms with Crippen LogP contribution in [0.15, 0.2) is 36.4 Å². The van der Waals surface area contributed by atoms with Crippen LogP contribution in [-0.2, 0) is 6.54 Å². The molecule has 15 heavy (non-hydrogen) atoms. The quantitative estimate of drug-likeness (QED) is 0.861. The third kappa shape index (κ3) is 2.19. The molecular weight excluding hydrogens is 206 g/mol. The van der Waals surface area contributed by atoms with Gasteiger partial charge in [-0.2, -0.15) is 0 Å².